The van der Waals surface area contributed by atoms with Crippen molar-refractivity contribution in [2.45, 2.75) is 46.3 Å². The minimum atomic E-state index is 0.0864. The second-order valence-electron chi connectivity index (χ2n) is 7.58. The number of aromatic nitrogens is 5. The second-order valence-corrected chi connectivity index (χ2v) is 8.52. The molecule has 0 saturated heterocycles. The van der Waals surface area contributed by atoms with E-state index in [0.29, 0.717) is 16.7 Å². The van der Waals surface area contributed by atoms with E-state index in [9.17, 15) is 4.79 Å². The van der Waals surface area contributed by atoms with Crippen molar-refractivity contribution in [2.75, 3.05) is 5.75 Å². The maximum Gasteiger partial charge on any atom is 0.253 e. The fraction of sp³-hybridized carbons (Fsp3) is 0.304. The molecular formula is C23H25N5OS. The van der Waals surface area contributed by atoms with Crippen molar-refractivity contribution >= 4 is 23.3 Å². The highest BCUT2D eigenvalue weighted by Crippen LogP contribution is 2.22. The first kappa shape index (κ1) is 20.3. The molecule has 0 bridgehead atoms. The number of carbonyl (C=O) groups excluding carboxylic acids is 1. The van der Waals surface area contributed by atoms with Gasteiger partial charge in [-0.05, 0) is 51.8 Å². The summed E-state index contributed by atoms with van der Waals surface area (Å²) in [5, 5.41) is 5.10. The van der Waals surface area contributed by atoms with Crippen molar-refractivity contribution < 1.29 is 4.79 Å². The summed E-state index contributed by atoms with van der Waals surface area (Å²) >= 11 is 1.36. The number of rotatable bonds is 6. The Hall–Kier alpha value is -2.93. The Balaban J connectivity index is 1.51. The van der Waals surface area contributed by atoms with Gasteiger partial charge in [0.15, 0.2) is 5.78 Å². The quantitative estimate of drug-likeness (QED) is 0.340. The number of ketones is 1. The number of carbonyl (C=O) groups is 1. The highest BCUT2D eigenvalue weighted by atomic mass is 32.2. The Morgan fingerprint density at radius 2 is 1.73 bits per heavy atom. The van der Waals surface area contributed by atoms with Gasteiger partial charge in [0.2, 0.25) is 5.16 Å². The summed E-state index contributed by atoms with van der Waals surface area (Å²) in [5.74, 6) is 0.957. The molecule has 0 saturated carbocycles. The lowest BCUT2D eigenvalue weighted by Crippen LogP contribution is -2.07. The van der Waals surface area contributed by atoms with Gasteiger partial charge < -0.3 is 4.57 Å². The third-order valence-corrected chi connectivity index (χ3v) is 6.47. The van der Waals surface area contributed by atoms with E-state index < -0.39 is 0 Å². The first-order valence-electron chi connectivity index (χ1n) is 9.92. The largest absolute Gasteiger partial charge is 0.344 e. The third kappa shape index (κ3) is 3.77. The smallest absolute Gasteiger partial charge is 0.253 e. The molecule has 0 aliphatic heterocycles. The summed E-state index contributed by atoms with van der Waals surface area (Å²) in [6.07, 6.45) is 0. The molecule has 6 nitrogen and oxygen atoms in total. The Bertz CT molecular complexity index is 1240. The molecule has 7 heteroatoms. The van der Waals surface area contributed by atoms with Crippen LogP contribution in [0.4, 0.5) is 0 Å². The summed E-state index contributed by atoms with van der Waals surface area (Å²) < 4.78 is 3.94. The minimum Gasteiger partial charge on any atom is -0.344 e. The van der Waals surface area contributed by atoms with Crippen molar-refractivity contribution in [3.05, 3.63) is 75.9 Å². The number of nitrogens with zero attached hydrogens (tertiary/aromatic N) is 5. The van der Waals surface area contributed by atoms with E-state index in [0.717, 1.165) is 40.4 Å². The molecule has 0 amide bonds. The molecule has 1 aromatic carbocycles. The Morgan fingerprint density at radius 1 is 1.00 bits per heavy atom. The molecule has 0 atom stereocenters. The van der Waals surface area contributed by atoms with E-state index in [1.807, 2.05) is 58.9 Å². The fourth-order valence-electron chi connectivity index (χ4n) is 3.60. The van der Waals surface area contributed by atoms with E-state index in [1.54, 1.807) is 4.52 Å². The Kier molecular flexibility index (Phi) is 5.47. The van der Waals surface area contributed by atoms with E-state index in [2.05, 4.69) is 31.8 Å². The van der Waals surface area contributed by atoms with Crippen LogP contribution in [0.3, 0.4) is 0 Å². The zero-order chi connectivity index (χ0) is 21.4. The van der Waals surface area contributed by atoms with E-state index in [1.165, 1.54) is 17.3 Å². The van der Waals surface area contributed by atoms with Crippen LogP contribution in [0.2, 0.25) is 0 Å². The van der Waals surface area contributed by atoms with Gasteiger partial charge in [0.05, 0.1) is 5.75 Å². The molecular weight excluding hydrogens is 394 g/mol. The lowest BCUT2D eigenvalue weighted by molar-refractivity contribution is 0.102. The second kappa shape index (κ2) is 8.07. The van der Waals surface area contributed by atoms with Crippen molar-refractivity contribution in [1.82, 2.24) is 24.1 Å². The van der Waals surface area contributed by atoms with Crippen LogP contribution in [0.25, 0.3) is 5.78 Å². The predicted molar refractivity (Wildman–Crippen MR) is 119 cm³/mol. The molecule has 0 aliphatic rings. The lowest BCUT2D eigenvalue weighted by Gasteiger charge is -2.09. The van der Waals surface area contributed by atoms with Crippen LogP contribution in [0.15, 0.2) is 41.6 Å². The van der Waals surface area contributed by atoms with Gasteiger partial charge >= 0.3 is 0 Å². The van der Waals surface area contributed by atoms with Crippen molar-refractivity contribution in [2.24, 2.45) is 0 Å². The fourth-order valence-corrected chi connectivity index (χ4v) is 4.30. The summed E-state index contributed by atoms with van der Waals surface area (Å²) in [6, 6.07) is 12.3. The van der Waals surface area contributed by atoms with Crippen LogP contribution >= 0.6 is 11.8 Å². The molecule has 0 spiro atoms. The van der Waals surface area contributed by atoms with Crippen LogP contribution in [0.1, 0.15) is 44.3 Å². The average Bonchev–Trinajstić information content (AvgIpc) is 3.27. The standard InChI is InChI=1S/C23H25N5OS/c1-14-11-20(18(5)27(14)12-19-9-7-6-8-10-19)21(29)13-30-23-25-22-24-16(3)15(2)17(4)28(22)26-23/h6-11H,12-13H2,1-5H3. The van der Waals surface area contributed by atoms with Crippen LogP contribution in [-0.4, -0.2) is 35.7 Å². The van der Waals surface area contributed by atoms with Crippen LogP contribution in [0.5, 0.6) is 0 Å². The molecule has 0 N–H and O–H groups in total. The van der Waals surface area contributed by atoms with Crippen LogP contribution in [-0.2, 0) is 6.54 Å². The monoisotopic (exact) mass is 419 g/mol. The molecule has 30 heavy (non-hydrogen) atoms. The van der Waals surface area contributed by atoms with Gasteiger partial charge in [-0.2, -0.15) is 4.98 Å². The molecule has 3 heterocycles. The van der Waals surface area contributed by atoms with Gasteiger partial charge in [0.25, 0.3) is 5.78 Å². The van der Waals surface area contributed by atoms with Gasteiger partial charge in [0, 0.05) is 34.9 Å². The normalized spacial score (nSPS) is 11.4. The number of hydrogen-bond acceptors (Lipinski definition) is 5. The zero-order valence-electron chi connectivity index (χ0n) is 17.9. The maximum absolute atomic E-state index is 12.9. The van der Waals surface area contributed by atoms with Crippen molar-refractivity contribution in [3.8, 4) is 0 Å². The molecule has 4 aromatic rings. The van der Waals surface area contributed by atoms with Gasteiger partial charge in [0.1, 0.15) is 0 Å². The lowest BCUT2D eigenvalue weighted by atomic mass is 10.2. The topological polar surface area (TPSA) is 65.1 Å². The molecule has 0 unspecified atom stereocenters. The SMILES string of the molecule is Cc1nc2nc(SCC(=O)c3cc(C)n(Cc4ccccc4)c3C)nn2c(C)c1C. The van der Waals surface area contributed by atoms with Crippen LogP contribution < -0.4 is 0 Å². The summed E-state index contributed by atoms with van der Waals surface area (Å²) in [7, 11) is 0. The molecule has 0 aliphatic carbocycles. The van der Waals surface area contributed by atoms with E-state index in [4.69, 9.17) is 0 Å². The maximum atomic E-state index is 12.9. The first-order chi connectivity index (χ1) is 14.3. The van der Waals surface area contributed by atoms with Gasteiger partial charge in [-0.1, -0.05) is 42.1 Å². The van der Waals surface area contributed by atoms with Crippen molar-refractivity contribution in [1.29, 1.82) is 0 Å². The predicted octanol–water partition coefficient (Wildman–Crippen LogP) is 4.49. The van der Waals surface area contributed by atoms with Crippen LogP contribution in [0, 0.1) is 34.6 Å². The van der Waals surface area contributed by atoms with Gasteiger partial charge in [-0.15, -0.1) is 5.10 Å². The zero-order valence-corrected chi connectivity index (χ0v) is 18.7. The first-order valence-corrected chi connectivity index (χ1v) is 10.9. The Morgan fingerprint density at radius 3 is 2.47 bits per heavy atom. The number of hydrogen-bond donors (Lipinski definition) is 0. The molecule has 154 valence electrons. The summed E-state index contributed by atoms with van der Waals surface area (Å²) in [5.41, 5.74) is 7.13. The Labute approximate surface area is 180 Å². The van der Waals surface area contributed by atoms with E-state index in [-0.39, 0.29) is 5.78 Å². The number of benzene rings is 1. The highest BCUT2D eigenvalue weighted by Gasteiger charge is 2.18. The molecule has 0 fully saturated rings. The molecule has 4 rings (SSSR count). The number of fused-ring (bicyclic) bond motifs is 1. The molecule has 3 aromatic heterocycles. The summed E-state index contributed by atoms with van der Waals surface area (Å²) in [4.78, 5) is 21.9. The number of Topliss-reactive ketones (excluding diaryl/α,β-unsaturated/α-hetero) is 1. The van der Waals surface area contributed by atoms with Crippen molar-refractivity contribution in [3.63, 3.8) is 0 Å². The third-order valence-electron chi connectivity index (χ3n) is 5.63. The minimum absolute atomic E-state index is 0.0864. The number of thioether (sulfide) groups is 1. The van der Waals surface area contributed by atoms with Gasteiger partial charge in [-0.25, -0.2) is 9.50 Å². The summed E-state index contributed by atoms with van der Waals surface area (Å²) in [6.45, 7) is 10.8. The molecule has 0 radical (unpaired) electrons. The highest BCUT2D eigenvalue weighted by molar-refractivity contribution is 7.99. The van der Waals surface area contributed by atoms with Gasteiger partial charge in [-0.3, -0.25) is 4.79 Å². The van der Waals surface area contributed by atoms with E-state index >= 15 is 0 Å². The average molecular weight is 420 g/mol. The number of aryl methyl sites for hydroxylation is 3.